The number of benzene rings is 2. The highest BCUT2D eigenvalue weighted by Gasteiger charge is 2.22. The first kappa shape index (κ1) is 19.8. The van der Waals surface area contributed by atoms with Crippen LogP contribution in [0, 0.1) is 25.2 Å². The molecule has 2 heterocycles. The summed E-state index contributed by atoms with van der Waals surface area (Å²) in [5, 5.41) is 9.72. The van der Waals surface area contributed by atoms with Gasteiger partial charge in [-0.2, -0.15) is 5.26 Å². The van der Waals surface area contributed by atoms with Gasteiger partial charge in [0.1, 0.15) is 0 Å². The van der Waals surface area contributed by atoms with E-state index in [9.17, 15) is 4.79 Å². The van der Waals surface area contributed by atoms with Crippen molar-refractivity contribution in [2.75, 3.05) is 11.4 Å². The summed E-state index contributed by atoms with van der Waals surface area (Å²) >= 11 is 1.53. The third-order valence-corrected chi connectivity index (χ3v) is 6.21. The second kappa shape index (κ2) is 8.47. The van der Waals surface area contributed by atoms with E-state index in [-0.39, 0.29) is 5.91 Å². The van der Waals surface area contributed by atoms with Crippen molar-refractivity contribution in [3.63, 3.8) is 0 Å². The number of hydrogen-bond acceptors (Lipinski definition) is 5. The lowest BCUT2D eigenvalue weighted by Gasteiger charge is -2.20. The number of amides is 1. The number of nitrogens with zero attached hydrogens (tertiary/aromatic N) is 5. The van der Waals surface area contributed by atoms with Crippen LogP contribution in [0.3, 0.4) is 0 Å². The first-order valence-electron chi connectivity index (χ1n) is 9.71. The predicted molar refractivity (Wildman–Crippen MR) is 119 cm³/mol. The molecule has 0 saturated carbocycles. The van der Waals surface area contributed by atoms with Crippen molar-refractivity contribution in [3.8, 4) is 6.07 Å². The fourth-order valence-corrected chi connectivity index (χ4v) is 4.34. The lowest BCUT2D eigenvalue weighted by Crippen LogP contribution is -2.32. The van der Waals surface area contributed by atoms with Crippen molar-refractivity contribution in [2.45, 2.75) is 26.8 Å². The van der Waals surface area contributed by atoms with Crippen molar-refractivity contribution in [2.24, 2.45) is 0 Å². The molecule has 0 saturated heterocycles. The average Bonchev–Trinajstić information content (AvgIpc) is 3.44. The Morgan fingerprint density at radius 2 is 2.00 bits per heavy atom. The number of carbonyl (C=O) groups is 1. The number of fused-ring (bicyclic) bond motifs is 1. The Bertz CT molecular complexity index is 1220. The van der Waals surface area contributed by atoms with Crippen LogP contribution in [0.1, 0.15) is 33.5 Å². The third-order valence-electron chi connectivity index (χ3n) is 5.17. The van der Waals surface area contributed by atoms with Crippen molar-refractivity contribution in [1.82, 2.24) is 14.5 Å². The highest BCUT2D eigenvalue weighted by atomic mass is 32.1. The Morgan fingerprint density at radius 1 is 1.20 bits per heavy atom. The summed E-state index contributed by atoms with van der Waals surface area (Å²) in [6.07, 6.45) is 6.21. The zero-order chi connectivity index (χ0) is 21.1. The average molecular weight is 416 g/mol. The van der Waals surface area contributed by atoms with Gasteiger partial charge in [0.05, 0.1) is 28.2 Å². The monoisotopic (exact) mass is 415 g/mol. The topological polar surface area (TPSA) is 74.8 Å². The Hall–Kier alpha value is -3.50. The van der Waals surface area contributed by atoms with Crippen molar-refractivity contribution >= 4 is 32.6 Å². The number of nitriles is 1. The van der Waals surface area contributed by atoms with Crippen molar-refractivity contribution in [1.29, 1.82) is 5.26 Å². The van der Waals surface area contributed by atoms with Crippen LogP contribution in [0.4, 0.5) is 5.13 Å². The van der Waals surface area contributed by atoms with Gasteiger partial charge in [0.2, 0.25) is 0 Å². The molecule has 150 valence electrons. The molecule has 4 rings (SSSR count). The number of aromatic nitrogens is 3. The van der Waals surface area contributed by atoms with Gasteiger partial charge in [-0.25, -0.2) is 9.97 Å². The molecule has 2 aromatic carbocycles. The van der Waals surface area contributed by atoms with Gasteiger partial charge in [0, 0.05) is 31.0 Å². The molecular weight excluding hydrogens is 394 g/mol. The summed E-state index contributed by atoms with van der Waals surface area (Å²) in [6.45, 7) is 5.43. The Morgan fingerprint density at radius 3 is 2.70 bits per heavy atom. The third kappa shape index (κ3) is 3.95. The SMILES string of the molecule is Cc1ccc2sc(N(CCCn3ccnc3)C(=O)c3ccc(C#N)cc3)nc2c1C. The van der Waals surface area contributed by atoms with Crippen molar-refractivity contribution in [3.05, 3.63) is 77.4 Å². The molecule has 4 aromatic rings. The molecule has 7 heteroatoms. The standard InChI is InChI=1S/C23H21N5OS/c1-16-4-9-20-21(17(16)2)26-23(30-20)28(12-3-11-27-13-10-25-15-27)22(29)19-7-5-18(14-24)6-8-19/h4-10,13,15H,3,11-12H2,1-2H3. The Kier molecular flexibility index (Phi) is 5.59. The van der Waals surface area contributed by atoms with Gasteiger partial charge >= 0.3 is 0 Å². The fourth-order valence-electron chi connectivity index (χ4n) is 3.29. The minimum Gasteiger partial charge on any atom is -0.337 e. The van der Waals surface area contributed by atoms with E-state index >= 15 is 0 Å². The van der Waals surface area contributed by atoms with E-state index < -0.39 is 0 Å². The normalized spacial score (nSPS) is 10.8. The number of hydrogen-bond donors (Lipinski definition) is 0. The molecular formula is C23H21N5OS. The van der Waals surface area contributed by atoms with E-state index in [1.807, 2.05) is 10.8 Å². The second-order valence-corrected chi connectivity index (χ2v) is 8.16. The van der Waals surface area contributed by atoms with Crippen LogP contribution >= 0.6 is 11.3 Å². The predicted octanol–water partition coefficient (Wildman–Crippen LogP) is 4.72. The van der Waals surface area contributed by atoms with E-state index in [0.29, 0.717) is 22.8 Å². The van der Waals surface area contributed by atoms with E-state index in [1.54, 1.807) is 41.7 Å². The van der Waals surface area contributed by atoms with Crippen LogP contribution in [0.25, 0.3) is 10.2 Å². The van der Waals surface area contributed by atoms with Crippen LogP contribution in [0.2, 0.25) is 0 Å². The van der Waals surface area contributed by atoms with Crippen LogP contribution in [0.5, 0.6) is 0 Å². The lowest BCUT2D eigenvalue weighted by molar-refractivity contribution is 0.0986. The van der Waals surface area contributed by atoms with Gasteiger partial charge in [-0.15, -0.1) is 0 Å². The second-order valence-electron chi connectivity index (χ2n) is 7.15. The summed E-state index contributed by atoms with van der Waals surface area (Å²) in [5.74, 6) is -0.112. The molecule has 2 aromatic heterocycles. The van der Waals surface area contributed by atoms with Gasteiger partial charge in [-0.1, -0.05) is 17.4 Å². The van der Waals surface area contributed by atoms with E-state index in [2.05, 4.69) is 37.0 Å². The van der Waals surface area contributed by atoms with Gasteiger partial charge in [-0.05, 0) is 61.7 Å². The van der Waals surface area contributed by atoms with Crippen LogP contribution < -0.4 is 4.90 Å². The number of thiazole rings is 1. The minimum absolute atomic E-state index is 0.112. The van der Waals surface area contributed by atoms with Gasteiger partial charge in [-0.3, -0.25) is 9.69 Å². The summed E-state index contributed by atoms with van der Waals surface area (Å²) in [6, 6.07) is 13.0. The molecule has 0 fully saturated rings. The molecule has 0 bridgehead atoms. The Labute approximate surface area is 179 Å². The lowest BCUT2D eigenvalue weighted by atomic mass is 10.1. The highest BCUT2D eigenvalue weighted by Crippen LogP contribution is 2.32. The summed E-state index contributed by atoms with van der Waals surface area (Å²) in [4.78, 5) is 24.0. The molecule has 0 aliphatic carbocycles. The number of anilines is 1. The molecule has 0 atom stereocenters. The molecule has 0 spiro atoms. The first-order valence-corrected chi connectivity index (χ1v) is 10.5. The van der Waals surface area contributed by atoms with Gasteiger partial charge < -0.3 is 4.57 Å². The molecule has 30 heavy (non-hydrogen) atoms. The smallest absolute Gasteiger partial charge is 0.260 e. The van der Waals surface area contributed by atoms with Gasteiger partial charge in [0.15, 0.2) is 5.13 Å². The zero-order valence-corrected chi connectivity index (χ0v) is 17.7. The van der Waals surface area contributed by atoms with Gasteiger partial charge in [0.25, 0.3) is 5.91 Å². The van der Waals surface area contributed by atoms with E-state index in [1.165, 1.54) is 16.9 Å². The Balaban J connectivity index is 1.66. The van der Waals surface area contributed by atoms with Crippen molar-refractivity contribution < 1.29 is 4.79 Å². The number of imidazole rings is 1. The molecule has 0 radical (unpaired) electrons. The molecule has 0 aliphatic rings. The number of aryl methyl sites for hydroxylation is 3. The maximum absolute atomic E-state index is 13.4. The summed E-state index contributed by atoms with van der Waals surface area (Å²) < 4.78 is 3.07. The number of rotatable bonds is 6. The highest BCUT2D eigenvalue weighted by molar-refractivity contribution is 7.22. The fraction of sp³-hybridized carbons (Fsp3) is 0.217. The van der Waals surface area contributed by atoms with Crippen LogP contribution in [-0.2, 0) is 6.54 Å². The number of carbonyl (C=O) groups excluding carboxylic acids is 1. The van der Waals surface area contributed by atoms with Crippen LogP contribution in [0.15, 0.2) is 55.1 Å². The molecule has 1 amide bonds. The van der Waals surface area contributed by atoms with Crippen LogP contribution in [-0.4, -0.2) is 27.0 Å². The van der Waals surface area contributed by atoms with E-state index in [4.69, 9.17) is 10.2 Å². The molecule has 0 unspecified atom stereocenters. The molecule has 0 N–H and O–H groups in total. The first-order chi connectivity index (χ1) is 14.6. The molecule has 0 aliphatic heterocycles. The minimum atomic E-state index is -0.112. The zero-order valence-electron chi connectivity index (χ0n) is 16.9. The van der Waals surface area contributed by atoms with E-state index in [0.717, 1.165) is 28.7 Å². The molecule has 6 nitrogen and oxygen atoms in total. The summed E-state index contributed by atoms with van der Waals surface area (Å²) in [7, 11) is 0. The quantitative estimate of drug-likeness (QED) is 0.457. The summed E-state index contributed by atoms with van der Waals surface area (Å²) in [5.41, 5.74) is 4.35. The largest absolute Gasteiger partial charge is 0.337 e. The maximum atomic E-state index is 13.4. The maximum Gasteiger partial charge on any atom is 0.260 e.